The molecule has 0 aliphatic heterocycles. The molecule has 114 valence electrons. The average Bonchev–Trinajstić information content (AvgIpc) is 2.92. The van der Waals surface area contributed by atoms with E-state index in [0.29, 0.717) is 22.9 Å². The van der Waals surface area contributed by atoms with Crippen LogP contribution >= 0.6 is 23.1 Å². The van der Waals surface area contributed by atoms with Crippen molar-refractivity contribution in [2.45, 2.75) is 43.1 Å². The largest absolute Gasteiger partial charge is 0.410 e. The maximum Gasteiger partial charge on any atom is 0.277 e. The number of nitrogens with zero attached hydrogens (tertiary/aromatic N) is 4. The number of thioether (sulfide) groups is 1. The molecule has 1 saturated carbocycles. The first-order chi connectivity index (χ1) is 10.7. The number of aromatic nitrogens is 4. The SMILES string of the molecule is Cc1ccsc1-c1nnc(SC(C)c2nc(C3CC3)no2)o1. The maximum absolute atomic E-state index is 5.73. The molecule has 3 aromatic rings. The smallest absolute Gasteiger partial charge is 0.277 e. The predicted molar refractivity (Wildman–Crippen MR) is 82.9 cm³/mol. The molecular formula is C14H14N4O2S2. The topological polar surface area (TPSA) is 77.8 Å². The van der Waals surface area contributed by atoms with Crippen molar-refractivity contribution in [1.82, 2.24) is 20.3 Å². The molecule has 22 heavy (non-hydrogen) atoms. The van der Waals surface area contributed by atoms with Gasteiger partial charge in [0.2, 0.25) is 5.89 Å². The zero-order valence-corrected chi connectivity index (χ0v) is 13.8. The molecule has 3 aromatic heterocycles. The second-order valence-corrected chi connectivity index (χ2v) is 7.54. The molecular weight excluding hydrogens is 320 g/mol. The van der Waals surface area contributed by atoms with Crippen LogP contribution in [0.1, 0.15) is 48.2 Å². The number of rotatable bonds is 5. The van der Waals surface area contributed by atoms with E-state index < -0.39 is 0 Å². The van der Waals surface area contributed by atoms with Crippen LogP contribution in [0.2, 0.25) is 0 Å². The molecule has 4 rings (SSSR count). The van der Waals surface area contributed by atoms with E-state index in [1.165, 1.54) is 11.8 Å². The number of hydrogen-bond acceptors (Lipinski definition) is 8. The van der Waals surface area contributed by atoms with Crippen LogP contribution in [0.4, 0.5) is 0 Å². The second-order valence-electron chi connectivity index (χ2n) is 5.33. The Balaban J connectivity index is 1.48. The zero-order chi connectivity index (χ0) is 15.1. The second kappa shape index (κ2) is 5.51. The summed E-state index contributed by atoms with van der Waals surface area (Å²) in [6.07, 6.45) is 2.32. The summed E-state index contributed by atoms with van der Waals surface area (Å²) in [7, 11) is 0. The molecule has 0 radical (unpaired) electrons. The van der Waals surface area contributed by atoms with Crippen LogP contribution < -0.4 is 0 Å². The van der Waals surface area contributed by atoms with E-state index in [0.717, 1.165) is 29.1 Å². The predicted octanol–water partition coefficient (Wildman–Crippen LogP) is 4.22. The number of thiophene rings is 1. The van der Waals surface area contributed by atoms with Gasteiger partial charge in [-0.15, -0.1) is 21.5 Å². The highest BCUT2D eigenvalue weighted by Crippen LogP contribution is 2.40. The van der Waals surface area contributed by atoms with E-state index in [2.05, 4.69) is 20.3 Å². The minimum absolute atomic E-state index is 0.0160. The summed E-state index contributed by atoms with van der Waals surface area (Å²) < 4.78 is 11.1. The van der Waals surface area contributed by atoms with Crippen molar-refractivity contribution in [3.8, 4) is 10.8 Å². The highest BCUT2D eigenvalue weighted by Gasteiger charge is 2.30. The van der Waals surface area contributed by atoms with Gasteiger partial charge in [0.1, 0.15) is 0 Å². The van der Waals surface area contributed by atoms with Gasteiger partial charge in [-0.2, -0.15) is 4.98 Å². The van der Waals surface area contributed by atoms with Crippen LogP contribution in [0.25, 0.3) is 10.8 Å². The van der Waals surface area contributed by atoms with Crippen molar-refractivity contribution in [3.63, 3.8) is 0 Å². The lowest BCUT2D eigenvalue weighted by Crippen LogP contribution is -1.90. The molecule has 0 aromatic carbocycles. The lowest BCUT2D eigenvalue weighted by Gasteiger charge is -2.00. The van der Waals surface area contributed by atoms with Crippen molar-refractivity contribution < 1.29 is 8.94 Å². The van der Waals surface area contributed by atoms with Gasteiger partial charge in [0.05, 0.1) is 10.1 Å². The summed E-state index contributed by atoms with van der Waals surface area (Å²) >= 11 is 3.03. The minimum atomic E-state index is -0.0160. The molecule has 8 heteroatoms. The van der Waals surface area contributed by atoms with Crippen LogP contribution in [0.15, 0.2) is 25.6 Å². The third kappa shape index (κ3) is 2.68. The Morgan fingerprint density at radius 2 is 2.23 bits per heavy atom. The molecule has 1 aliphatic carbocycles. The summed E-state index contributed by atoms with van der Waals surface area (Å²) in [6.45, 7) is 4.03. The maximum atomic E-state index is 5.73. The van der Waals surface area contributed by atoms with Crippen LogP contribution in [0, 0.1) is 6.92 Å². The Hall–Kier alpha value is -1.67. The van der Waals surface area contributed by atoms with E-state index in [1.54, 1.807) is 11.3 Å². The molecule has 0 spiro atoms. The normalized spacial score (nSPS) is 16.1. The first-order valence-corrected chi connectivity index (χ1v) is 8.85. The Kier molecular flexibility index (Phi) is 3.50. The summed E-state index contributed by atoms with van der Waals surface area (Å²) in [5, 5.41) is 14.8. The number of aryl methyl sites for hydroxylation is 1. The lowest BCUT2D eigenvalue weighted by atomic mass is 10.3. The molecule has 0 saturated heterocycles. The van der Waals surface area contributed by atoms with Gasteiger partial charge in [0.15, 0.2) is 5.82 Å². The fourth-order valence-corrected chi connectivity index (χ4v) is 3.62. The van der Waals surface area contributed by atoms with E-state index >= 15 is 0 Å². The van der Waals surface area contributed by atoms with E-state index in [1.807, 2.05) is 25.3 Å². The van der Waals surface area contributed by atoms with Gasteiger partial charge in [-0.3, -0.25) is 0 Å². The Morgan fingerprint density at radius 1 is 1.36 bits per heavy atom. The molecule has 1 fully saturated rings. The highest BCUT2D eigenvalue weighted by molar-refractivity contribution is 7.99. The van der Waals surface area contributed by atoms with E-state index in [4.69, 9.17) is 8.94 Å². The monoisotopic (exact) mass is 334 g/mol. The van der Waals surface area contributed by atoms with Gasteiger partial charge >= 0.3 is 0 Å². The third-order valence-electron chi connectivity index (χ3n) is 3.49. The van der Waals surface area contributed by atoms with Gasteiger partial charge < -0.3 is 8.94 Å². The fraction of sp³-hybridized carbons (Fsp3) is 0.429. The number of hydrogen-bond donors (Lipinski definition) is 0. The summed E-state index contributed by atoms with van der Waals surface area (Å²) in [5.74, 6) is 2.49. The third-order valence-corrected chi connectivity index (χ3v) is 5.41. The summed E-state index contributed by atoms with van der Waals surface area (Å²) in [6, 6.07) is 2.04. The lowest BCUT2D eigenvalue weighted by molar-refractivity contribution is 0.374. The van der Waals surface area contributed by atoms with Gasteiger partial charge in [-0.05, 0) is 43.7 Å². The summed E-state index contributed by atoms with van der Waals surface area (Å²) in [4.78, 5) is 5.47. The van der Waals surface area contributed by atoms with Gasteiger partial charge in [-0.1, -0.05) is 16.9 Å². The van der Waals surface area contributed by atoms with Gasteiger partial charge in [0.25, 0.3) is 11.1 Å². The standard InChI is InChI=1S/C14H14N4O2S2/c1-7-5-6-21-10(7)13-16-17-14(19-13)22-8(2)12-15-11(18-20-12)9-3-4-9/h5-6,8-9H,3-4H2,1-2H3. The van der Waals surface area contributed by atoms with Crippen molar-refractivity contribution in [2.24, 2.45) is 0 Å². The molecule has 1 aliphatic rings. The molecule has 0 bridgehead atoms. The first kappa shape index (κ1) is 14.0. The summed E-state index contributed by atoms with van der Waals surface area (Å²) in [5.41, 5.74) is 1.14. The molecule has 1 unspecified atom stereocenters. The molecule has 1 atom stereocenters. The van der Waals surface area contributed by atoms with Crippen molar-refractivity contribution >= 4 is 23.1 Å². The minimum Gasteiger partial charge on any atom is -0.410 e. The zero-order valence-electron chi connectivity index (χ0n) is 12.1. The van der Waals surface area contributed by atoms with Crippen molar-refractivity contribution in [1.29, 1.82) is 0 Å². The molecule has 0 N–H and O–H groups in total. The van der Waals surface area contributed by atoms with Crippen LogP contribution in [-0.2, 0) is 0 Å². The van der Waals surface area contributed by atoms with Crippen molar-refractivity contribution in [2.75, 3.05) is 0 Å². The van der Waals surface area contributed by atoms with Crippen LogP contribution in [-0.4, -0.2) is 20.3 Å². The highest BCUT2D eigenvalue weighted by atomic mass is 32.2. The Morgan fingerprint density at radius 3 is 2.95 bits per heavy atom. The van der Waals surface area contributed by atoms with E-state index in [-0.39, 0.29) is 5.25 Å². The fourth-order valence-electron chi connectivity index (χ4n) is 2.06. The van der Waals surface area contributed by atoms with Crippen LogP contribution in [0.5, 0.6) is 0 Å². The Bertz CT molecular complexity index is 790. The van der Waals surface area contributed by atoms with E-state index in [9.17, 15) is 0 Å². The van der Waals surface area contributed by atoms with Gasteiger partial charge in [0, 0.05) is 5.92 Å². The Labute approximate surface area is 135 Å². The molecule has 6 nitrogen and oxygen atoms in total. The quantitative estimate of drug-likeness (QED) is 0.646. The van der Waals surface area contributed by atoms with Gasteiger partial charge in [-0.25, -0.2) is 0 Å². The van der Waals surface area contributed by atoms with Crippen molar-refractivity contribution in [3.05, 3.63) is 28.7 Å². The first-order valence-electron chi connectivity index (χ1n) is 7.09. The van der Waals surface area contributed by atoms with Crippen LogP contribution in [0.3, 0.4) is 0 Å². The molecule has 3 heterocycles. The molecule has 0 amide bonds. The average molecular weight is 334 g/mol.